The van der Waals surface area contributed by atoms with E-state index in [9.17, 15) is 4.79 Å². The molecule has 3 aromatic heterocycles. The van der Waals surface area contributed by atoms with Gasteiger partial charge in [0.2, 0.25) is 0 Å². The third-order valence-corrected chi connectivity index (χ3v) is 3.17. The Bertz CT molecular complexity index is 749. The number of carbonyl (C=O) groups is 1. The van der Waals surface area contributed by atoms with Crippen molar-refractivity contribution in [3.63, 3.8) is 0 Å². The fourth-order valence-corrected chi connectivity index (χ4v) is 2.14. The molecule has 0 aromatic carbocycles. The van der Waals surface area contributed by atoms with E-state index in [-0.39, 0.29) is 5.91 Å². The number of hydrogen-bond acceptors (Lipinski definition) is 3. The molecule has 3 aromatic rings. The van der Waals surface area contributed by atoms with Crippen LogP contribution >= 0.6 is 0 Å². The summed E-state index contributed by atoms with van der Waals surface area (Å²) in [6, 6.07) is 9.32. The highest BCUT2D eigenvalue weighted by Gasteiger charge is 2.10. The number of amides is 1. The lowest BCUT2D eigenvalue weighted by Crippen LogP contribution is -2.24. The molecule has 0 saturated carbocycles. The molecule has 1 N–H and O–H groups in total. The molecule has 3 rings (SSSR count). The smallest absolute Gasteiger partial charge is 0.253 e. The highest BCUT2D eigenvalue weighted by atomic mass is 16.1. The number of aryl methyl sites for hydroxylation is 1. The Labute approximate surface area is 116 Å². The highest BCUT2D eigenvalue weighted by molar-refractivity contribution is 5.93. The lowest BCUT2D eigenvalue weighted by atomic mass is 10.2. The number of pyridine rings is 2. The molecule has 0 spiro atoms. The van der Waals surface area contributed by atoms with Crippen molar-refractivity contribution in [1.29, 1.82) is 0 Å². The second-order valence-electron chi connectivity index (χ2n) is 4.50. The third-order valence-electron chi connectivity index (χ3n) is 3.17. The lowest BCUT2D eigenvalue weighted by molar-refractivity contribution is 0.0950. The first-order valence-corrected chi connectivity index (χ1v) is 6.36. The molecule has 100 valence electrons. The summed E-state index contributed by atoms with van der Waals surface area (Å²) in [5.41, 5.74) is 3.34. The van der Waals surface area contributed by atoms with Gasteiger partial charge in [-0.05, 0) is 31.2 Å². The van der Waals surface area contributed by atoms with Crippen LogP contribution in [0, 0.1) is 6.92 Å². The molecular formula is C15H14N4O. The molecule has 5 heteroatoms. The largest absolute Gasteiger partial charge is 0.346 e. The zero-order chi connectivity index (χ0) is 13.9. The minimum Gasteiger partial charge on any atom is -0.346 e. The van der Waals surface area contributed by atoms with Crippen molar-refractivity contribution in [2.75, 3.05) is 0 Å². The molecule has 0 aliphatic carbocycles. The van der Waals surface area contributed by atoms with Crippen molar-refractivity contribution in [3.05, 3.63) is 65.9 Å². The molecule has 3 heterocycles. The van der Waals surface area contributed by atoms with E-state index in [2.05, 4.69) is 15.3 Å². The summed E-state index contributed by atoms with van der Waals surface area (Å²) in [6.07, 6.45) is 5.14. The quantitative estimate of drug-likeness (QED) is 0.788. The maximum atomic E-state index is 12.0. The van der Waals surface area contributed by atoms with Crippen LogP contribution in [-0.4, -0.2) is 20.3 Å². The standard InChI is InChI=1S/C15H14N4O/c1-11-13(19-8-3-2-6-14(19)18-11)10-17-15(20)12-5-4-7-16-9-12/h2-9H,10H2,1H3,(H,17,20). The van der Waals surface area contributed by atoms with Crippen LogP contribution in [0.2, 0.25) is 0 Å². The van der Waals surface area contributed by atoms with Crippen LogP contribution in [0.5, 0.6) is 0 Å². The number of nitrogens with zero attached hydrogens (tertiary/aromatic N) is 3. The monoisotopic (exact) mass is 266 g/mol. The number of rotatable bonds is 3. The average molecular weight is 266 g/mol. The summed E-state index contributed by atoms with van der Waals surface area (Å²) in [5, 5.41) is 2.89. The Morgan fingerprint density at radius 2 is 2.20 bits per heavy atom. The van der Waals surface area contributed by atoms with Crippen LogP contribution in [0.15, 0.2) is 48.9 Å². The summed E-state index contributed by atoms with van der Waals surface area (Å²) in [5.74, 6) is -0.136. The van der Waals surface area contributed by atoms with Gasteiger partial charge in [-0.15, -0.1) is 0 Å². The first-order valence-electron chi connectivity index (χ1n) is 6.36. The topological polar surface area (TPSA) is 59.3 Å². The number of carbonyl (C=O) groups excluding carboxylic acids is 1. The van der Waals surface area contributed by atoms with Gasteiger partial charge in [-0.25, -0.2) is 4.98 Å². The van der Waals surface area contributed by atoms with Gasteiger partial charge in [-0.3, -0.25) is 9.78 Å². The maximum absolute atomic E-state index is 12.0. The molecule has 1 amide bonds. The van der Waals surface area contributed by atoms with E-state index in [1.165, 1.54) is 0 Å². The Hall–Kier alpha value is -2.69. The fourth-order valence-electron chi connectivity index (χ4n) is 2.14. The zero-order valence-corrected chi connectivity index (χ0v) is 11.1. The molecule has 5 nitrogen and oxygen atoms in total. The molecule has 0 radical (unpaired) electrons. The van der Waals surface area contributed by atoms with Crippen LogP contribution in [0.1, 0.15) is 21.7 Å². The predicted octanol–water partition coefficient (Wildman–Crippen LogP) is 1.97. The number of aromatic nitrogens is 3. The van der Waals surface area contributed by atoms with Crippen molar-refractivity contribution in [3.8, 4) is 0 Å². The molecule has 20 heavy (non-hydrogen) atoms. The van der Waals surface area contributed by atoms with Crippen molar-refractivity contribution in [2.24, 2.45) is 0 Å². The van der Waals surface area contributed by atoms with E-state index in [1.54, 1.807) is 24.5 Å². The van der Waals surface area contributed by atoms with Gasteiger partial charge < -0.3 is 9.72 Å². The molecule has 0 atom stereocenters. The van der Waals surface area contributed by atoms with E-state index in [0.717, 1.165) is 17.0 Å². The fraction of sp³-hybridized carbons (Fsp3) is 0.133. The van der Waals surface area contributed by atoms with Gasteiger partial charge in [-0.2, -0.15) is 0 Å². The van der Waals surface area contributed by atoms with E-state index < -0.39 is 0 Å². The average Bonchev–Trinajstić information content (AvgIpc) is 2.81. The third kappa shape index (κ3) is 2.25. The van der Waals surface area contributed by atoms with Crippen LogP contribution in [0.4, 0.5) is 0 Å². The number of fused-ring (bicyclic) bond motifs is 1. The SMILES string of the molecule is Cc1nc2ccccn2c1CNC(=O)c1cccnc1. The summed E-state index contributed by atoms with van der Waals surface area (Å²) in [4.78, 5) is 20.4. The van der Waals surface area contributed by atoms with Gasteiger partial charge in [0, 0.05) is 18.6 Å². The summed E-state index contributed by atoms with van der Waals surface area (Å²) >= 11 is 0. The van der Waals surface area contributed by atoms with Crippen LogP contribution in [0.3, 0.4) is 0 Å². The Morgan fingerprint density at radius 3 is 3.00 bits per heavy atom. The first-order chi connectivity index (χ1) is 9.75. The molecular weight excluding hydrogens is 252 g/mol. The first kappa shape index (κ1) is 12.3. The van der Waals surface area contributed by atoms with E-state index in [4.69, 9.17) is 0 Å². The molecule has 0 unspecified atom stereocenters. The zero-order valence-electron chi connectivity index (χ0n) is 11.1. The highest BCUT2D eigenvalue weighted by Crippen LogP contribution is 2.11. The van der Waals surface area contributed by atoms with Gasteiger partial charge in [0.05, 0.1) is 23.5 Å². The van der Waals surface area contributed by atoms with Crippen LogP contribution < -0.4 is 5.32 Å². The molecule has 0 aliphatic heterocycles. The van der Waals surface area contributed by atoms with Crippen molar-refractivity contribution >= 4 is 11.6 Å². The van der Waals surface area contributed by atoms with Crippen molar-refractivity contribution in [2.45, 2.75) is 13.5 Å². The normalized spacial score (nSPS) is 10.7. The second kappa shape index (κ2) is 5.13. The minimum absolute atomic E-state index is 0.136. The van der Waals surface area contributed by atoms with Crippen molar-refractivity contribution in [1.82, 2.24) is 19.7 Å². The van der Waals surface area contributed by atoms with Gasteiger partial charge in [0.25, 0.3) is 5.91 Å². The lowest BCUT2D eigenvalue weighted by Gasteiger charge is -2.06. The minimum atomic E-state index is -0.136. The van der Waals surface area contributed by atoms with Crippen LogP contribution in [0.25, 0.3) is 5.65 Å². The number of imidazole rings is 1. The molecule has 0 saturated heterocycles. The second-order valence-corrected chi connectivity index (χ2v) is 4.50. The molecule has 0 fully saturated rings. The van der Waals surface area contributed by atoms with E-state index in [0.29, 0.717) is 12.1 Å². The number of nitrogens with one attached hydrogen (secondary N) is 1. The summed E-state index contributed by atoms with van der Waals surface area (Å²) in [7, 11) is 0. The van der Waals surface area contributed by atoms with Gasteiger partial charge in [0.15, 0.2) is 0 Å². The Morgan fingerprint density at radius 1 is 1.30 bits per heavy atom. The predicted molar refractivity (Wildman–Crippen MR) is 75.3 cm³/mol. The van der Waals surface area contributed by atoms with Gasteiger partial charge in [-0.1, -0.05) is 6.07 Å². The van der Waals surface area contributed by atoms with Crippen LogP contribution in [-0.2, 0) is 6.54 Å². The molecule has 0 bridgehead atoms. The van der Waals surface area contributed by atoms with Gasteiger partial charge in [0.1, 0.15) is 5.65 Å². The van der Waals surface area contributed by atoms with E-state index in [1.807, 2.05) is 35.7 Å². The van der Waals surface area contributed by atoms with Gasteiger partial charge >= 0.3 is 0 Å². The van der Waals surface area contributed by atoms with E-state index >= 15 is 0 Å². The van der Waals surface area contributed by atoms with Crippen molar-refractivity contribution < 1.29 is 4.79 Å². The summed E-state index contributed by atoms with van der Waals surface area (Å²) in [6.45, 7) is 2.38. The Balaban J connectivity index is 1.81. The Kier molecular flexibility index (Phi) is 3.16. The maximum Gasteiger partial charge on any atom is 0.253 e. The summed E-state index contributed by atoms with van der Waals surface area (Å²) < 4.78 is 1.98. The molecule has 0 aliphatic rings. The number of hydrogen-bond donors (Lipinski definition) is 1.